The Labute approximate surface area is 120 Å². The molecule has 0 bridgehead atoms. The van der Waals surface area contributed by atoms with E-state index in [1.807, 2.05) is 11.8 Å². The zero-order valence-electron chi connectivity index (χ0n) is 11.8. The van der Waals surface area contributed by atoms with Gasteiger partial charge in [0.1, 0.15) is 0 Å². The molecule has 2 fully saturated rings. The third-order valence-corrected chi connectivity index (χ3v) is 5.64. The number of carbonyl (C=O) groups is 1. The molecule has 1 heterocycles. The number of nitrogens with one attached hydrogen (secondary N) is 2. The predicted molar refractivity (Wildman–Crippen MR) is 79.5 cm³/mol. The van der Waals surface area contributed by atoms with Crippen molar-refractivity contribution >= 4 is 17.8 Å². The van der Waals surface area contributed by atoms with Crippen molar-refractivity contribution in [2.75, 3.05) is 18.1 Å². The Hall–Kier alpha value is -0.420. The molecule has 2 rings (SSSR count). The summed E-state index contributed by atoms with van der Waals surface area (Å²) in [5, 5.41) is 16.1. The van der Waals surface area contributed by atoms with Crippen molar-refractivity contribution in [3.8, 4) is 0 Å². The van der Waals surface area contributed by atoms with E-state index in [0.717, 1.165) is 37.9 Å². The summed E-state index contributed by atoms with van der Waals surface area (Å²) in [5.74, 6) is 2.23. The number of thioether (sulfide) groups is 1. The highest BCUT2D eigenvalue weighted by Gasteiger charge is 2.35. The van der Waals surface area contributed by atoms with Gasteiger partial charge in [-0.25, -0.2) is 4.79 Å². The minimum absolute atomic E-state index is 0.0773. The standard InChI is InChI=1S/C14H26N2O2S/c1-14(7-3-2-6-12(14)17)10-15-13(18)16-11-5-4-8-19-9-11/h11-12,17H,2-10H2,1H3,(H2,15,16,18). The number of amides is 2. The maximum atomic E-state index is 11.9. The van der Waals surface area contributed by atoms with E-state index in [-0.39, 0.29) is 17.6 Å². The van der Waals surface area contributed by atoms with Crippen molar-refractivity contribution in [1.29, 1.82) is 0 Å². The molecule has 0 aromatic carbocycles. The number of urea groups is 1. The van der Waals surface area contributed by atoms with Crippen molar-refractivity contribution in [2.45, 2.75) is 57.6 Å². The molecule has 0 radical (unpaired) electrons. The van der Waals surface area contributed by atoms with Crippen LogP contribution in [0.15, 0.2) is 0 Å². The Morgan fingerprint density at radius 2 is 2.21 bits per heavy atom. The average molecular weight is 286 g/mol. The van der Waals surface area contributed by atoms with E-state index in [9.17, 15) is 9.90 Å². The van der Waals surface area contributed by atoms with E-state index in [1.165, 1.54) is 12.2 Å². The summed E-state index contributed by atoms with van der Waals surface area (Å²) >= 11 is 1.91. The van der Waals surface area contributed by atoms with Crippen molar-refractivity contribution in [2.24, 2.45) is 5.41 Å². The summed E-state index contributed by atoms with van der Waals surface area (Å²) in [6.45, 7) is 2.65. The maximum Gasteiger partial charge on any atom is 0.315 e. The molecule has 1 aliphatic carbocycles. The Morgan fingerprint density at radius 3 is 2.89 bits per heavy atom. The van der Waals surface area contributed by atoms with Crippen molar-refractivity contribution in [1.82, 2.24) is 10.6 Å². The van der Waals surface area contributed by atoms with Gasteiger partial charge in [-0.3, -0.25) is 0 Å². The van der Waals surface area contributed by atoms with Crippen molar-refractivity contribution < 1.29 is 9.90 Å². The molecular formula is C14H26N2O2S. The minimum Gasteiger partial charge on any atom is -0.392 e. The van der Waals surface area contributed by atoms with Gasteiger partial charge in [0.25, 0.3) is 0 Å². The highest BCUT2D eigenvalue weighted by molar-refractivity contribution is 7.99. The molecule has 1 saturated heterocycles. The van der Waals surface area contributed by atoms with Crippen LogP contribution in [0.25, 0.3) is 0 Å². The molecule has 0 spiro atoms. The van der Waals surface area contributed by atoms with E-state index < -0.39 is 0 Å². The van der Waals surface area contributed by atoms with Gasteiger partial charge in [-0.15, -0.1) is 0 Å². The molecule has 3 atom stereocenters. The van der Waals surface area contributed by atoms with E-state index in [0.29, 0.717) is 12.6 Å². The van der Waals surface area contributed by atoms with Gasteiger partial charge in [0.05, 0.1) is 6.10 Å². The van der Waals surface area contributed by atoms with Crippen molar-refractivity contribution in [3.63, 3.8) is 0 Å². The van der Waals surface area contributed by atoms with Crippen LogP contribution < -0.4 is 10.6 Å². The second kappa shape index (κ2) is 6.84. The van der Waals surface area contributed by atoms with Gasteiger partial charge in [-0.1, -0.05) is 19.8 Å². The predicted octanol–water partition coefficient (Wildman–Crippen LogP) is 2.12. The molecule has 0 aromatic rings. The number of carbonyl (C=O) groups excluding carboxylic acids is 1. The Morgan fingerprint density at radius 1 is 1.37 bits per heavy atom. The van der Waals surface area contributed by atoms with Crippen LogP contribution in [0.1, 0.15) is 45.4 Å². The number of rotatable bonds is 3. The highest BCUT2D eigenvalue weighted by Crippen LogP contribution is 2.35. The SMILES string of the molecule is CC1(CNC(=O)NC2CCCSC2)CCCCC1O. The van der Waals surface area contributed by atoms with E-state index in [1.54, 1.807) is 0 Å². The van der Waals surface area contributed by atoms with Gasteiger partial charge in [-0.05, 0) is 31.4 Å². The summed E-state index contributed by atoms with van der Waals surface area (Å²) in [4.78, 5) is 11.9. The van der Waals surface area contributed by atoms with Gasteiger partial charge < -0.3 is 15.7 Å². The van der Waals surface area contributed by atoms with Gasteiger partial charge in [0.15, 0.2) is 0 Å². The fourth-order valence-electron chi connectivity index (χ4n) is 2.96. The molecule has 19 heavy (non-hydrogen) atoms. The highest BCUT2D eigenvalue weighted by atomic mass is 32.2. The zero-order chi connectivity index (χ0) is 13.7. The summed E-state index contributed by atoms with van der Waals surface area (Å²) < 4.78 is 0. The van der Waals surface area contributed by atoms with Gasteiger partial charge in [0, 0.05) is 23.8 Å². The first-order valence-electron chi connectivity index (χ1n) is 7.40. The van der Waals surface area contributed by atoms with Crippen LogP contribution in [-0.2, 0) is 0 Å². The molecule has 3 unspecified atom stereocenters. The summed E-state index contributed by atoms with van der Waals surface area (Å²) in [6, 6.07) is 0.231. The topological polar surface area (TPSA) is 61.4 Å². The minimum atomic E-state index is -0.285. The Kier molecular flexibility index (Phi) is 5.39. The molecule has 1 saturated carbocycles. The van der Waals surface area contributed by atoms with Gasteiger partial charge >= 0.3 is 6.03 Å². The van der Waals surface area contributed by atoms with Crippen LogP contribution in [0.5, 0.6) is 0 Å². The van der Waals surface area contributed by atoms with Gasteiger partial charge in [0.2, 0.25) is 0 Å². The lowest BCUT2D eigenvalue weighted by atomic mass is 9.73. The Bertz CT molecular complexity index is 308. The smallest absolute Gasteiger partial charge is 0.315 e. The monoisotopic (exact) mass is 286 g/mol. The van der Waals surface area contributed by atoms with Crippen LogP contribution in [-0.4, -0.2) is 41.3 Å². The van der Waals surface area contributed by atoms with Crippen LogP contribution in [0.2, 0.25) is 0 Å². The molecule has 4 nitrogen and oxygen atoms in total. The lowest BCUT2D eigenvalue weighted by molar-refractivity contribution is 0.00305. The fraction of sp³-hybridized carbons (Fsp3) is 0.929. The molecule has 1 aliphatic heterocycles. The zero-order valence-corrected chi connectivity index (χ0v) is 12.6. The average Bonchev–Trinajstić information content (AvgIpc) is 2.41. The third kappa shape index (κ3) is 4.28. The Balaban J connectivity index is 1.73. The molecule has 110 valence electrons. The van der Waals surface area contributed by atoms with E-state index in [2.05, 4.69) is 17.6 Å². The molecule has 2 aliphatic rings. The number of hydrogen-bond donors (Lipinski definition) is 3. The summed E-state index contributed by atoms with van der Waals surface area (Å²) in [7, 11) is 0. The second-order valence-electron chi connectivity index (χ2n) is 6.16. The normalized spacial score (nSPS) is 35.7. The molecule has 5 heteroatoms. The first-order chi connectivity index (χ1) is 9.10. The lowest BCUT2D eigenvalue weighted by Gasteiger charge is -2.38. The van der Waals surface area contributed by atoms with E-state index in [4.69, 9.17) is 0 Å². The van der Waals surface area contributed by atoms with Crippen LogP contribution >= 0.6 is 11.8 Å². The second-order valence-corrected chi connectivity index (χ2v) is 7.31. The summed E-state index contributed by atoms with van der Waals surface area (Å²) in [5.41, 5.74) is -0.156. The lowest BCUT2D eigenvalue weighted by Crippen LogP contribution is -2.50. The number of aliphatic hydroxyl groups is 1. The number of aliphatic hydroxyl groups excluding tert-OH is 1. The molecule has 3 N–H and O–H groups in total. The van der Waals surface area contributed by atoms with Crippen molar-refractivity contribution in [3.05, 3.63) is 0 Å². The first kappa shape index (κ1) is 15.0. The third-order valence-electron chi connectivity index (χ3n) is 4.43. The fourth-order valence-corrected chi connectivity index (χ4v) is 4.03. The van der Waals surface area contributed by atoms with Crippen LogP contribution in [0, 0.1) is 5.41 Å². The molecular weight excluding hydrogens is 260 g/mol. The molecule has 2 amide bonds. The van der Waals surface area contributed by atoms with E-state index >= 15 is 0 Å². The number of hydrogen-bond acceptors (Lipinski definition) is 3. The molecule has 0 aromatic heterocycles. The summed E-state index contributed by atoms with van der Waals surface area (Å²) in [6.07, 6.45) is 6.09. The largest absolute Gasteiger partial charge is 0.392 e. The quantitative estimate of drug-likeness (QED) is 0.745. The first-order valence-corrected chi connectivity index (χ1v) is 8.56. The maximum absolute atomic E-state index is 11.9. The van der Waals surface area contributed by atoms with Crippen LogP contribution in [0.4, 0.5) is 4.79 Å². The van der Waals surface area contributed by atoms with Gasteiger partial charge in [-0.2, -0.15) is 11.8 Å². The van der Waals surface area contributed by atoms with Crippen LogP contribution in [0.3, 0.4) is 0 Å².